The molecule has 0 radical (unpaired) electrons. The zero-order valence-electron chi connectivity index (χ0n) is 9.38. The van der Waals surface area contributed by atoms with Crippen molar-refractivity contribution in [3.8, 4) is 0 Å². The van der Waals surface area contributed by atoms with Crippen molar-refractivity contribution in [2.24, 2.45) is 0 Å². The van der Waals surface area contributed by atoms with Crippen molar-refractivity contribution in [3.05, 3.63) is 46.5 Å². The zero-order chi connectivity index (χ0) is 12.7. The lowest BCUT2D eigenvalue weighted by atomic mass is 10.1. The minimum atomic E-state index is -1.10. The van der Waals surface area contributed by atoms with Gasteiger partial charge in [-0.1, -0.05) is 29.8 Å². The Bertz CT molecular complexity index is 624. The lowest BCUT2D eigenvalue weighted by Gasteiger charge is -2.13. The molecule has 18 heavy (non-hydrogen) atoms. The molecule has 0 bridgehead atoms. The Morgan fingerprint density at radius 1 is 1.44 bits per heavy atom. The van der Waals surface area contributed by atoms with Gasteiger partial charge in [0.05, 0.1) is 6.04 Å². The van der Waals surface area contributed by atoms with Gasteiger partial charge in [-0.25, -0.2) is 14.5 Å². The first-order chi connectivity index (χ1) is 8.66. The van der Waals surface area contributed by atoms with Crippen LogP contribution in [0.5, 0.6) is 0 Å². The number of hydrogen-bond acceptors (Lipinski definition) is 3. The summed E-state index contributed by atoms with van der Waals surface area (Å²) in [6.07, 6.45) is 1.56. The van der Waals surface area contributed by atoms with E-state index < -0.39 is 5.97 Å². The molecule has 6 heteroatoms. The Labute approximate surface area is 108 Å². The van der Waals surface area contributed by atoms with Gasteiger partial charge >= 0.3 is 5.97 Å². The minimum absolute atomic E-state index is 0.0192. The van der Waals surface area contributed by atoms with Gasteiger partial charge in [0.25, 0.3) is 5.82 Å². The first kappa shape index (κ1) is 11.2. The second-order valence-corrected chi connectivity index (χ2v) is 4.58. The van der Waals surface area contributed by atoms with Crippen LogP contribution in [0.15, 0.2) is 24.3 Å². The SMILES string of the molecule is O=C(O)c1nc2n(n1)[C@H](c1ccccc1Cl)CC2. The Balaban J connectivity index is 2.04. The number of aromatic carboxylic acids is 1. The fourth-order valence-corrected chi connectivity index (χ4v) is 2.55. The van der Waals surface area contributed by atoms with Crippen LogP contribution in [0.1, 0.15) is 34.5 Å². The van der Waals surface area contributed by atoms with Gasteiger partial charge in [0.15, 0.2) is 0 Å². The predicted octanol–water partition coefficient (Wildman–Crippen LogP) is 2.17. The number of carboxylic acid groups (broad SMARTS) is 1. The fraction of sp³-hybridized carbons (Fsp3) is 0.250. The molecule has 1 atom stereocenters. The lowest BCUT2D eigenvalue weighted by molar-refractivity contribution is 0.0683. The summed E-state index contributed by atoms with van der Waals surface area (Å²) in [5.74, 6) is -0.547. The number of benzene rings is 1. The molecule has 5 nitrogen and oxygen atoms in total. The van der Waals surface area contributed by atoms with Crippen LogP contribution in [0.3, 0.4) is 0 Å². The highest BCUT2D eigenvalue weighted by Gasteiger charge is 2.29. The van der Waals surface area contributed by atoms with Crippen molar-refractivity contribution in [3.63, 3.8) is 0 Å². The van der Waals surface area contributed by atoms with Crippen LogP contribution in [0, 0.1) is 0 Å². The third-order valence-electron chi connectivity index (χ3n) is 3.09. The summed E-state index contributed by atoms with van der Waals surface area (Å²) in [6.45, 7) is 0. The van der Waals surface area contributed by atoms with Crippen molar-refractivity contribution in [2.75, 3.05) is 0 Å². The third-order valence-corrected chi connectivity index (χ3v) is 3.44. The molecule has 0 spiro atoms. The zero-order valence-corrected chi connectivity index (χ0v) is 10.1. The monoisotopic (exact) mass is 263 g/mol. The molecule has 1 aromatic carbocycles. The molecule has 1 aliphatic heterocycles. The number of carbonyl (C=O) groups is 1. The molecule has 0 saturated heterocycles. The number of nitrogens with zero attached hydrogens (tertiary/aromatic N) is 3. The summed E-state index contributed by atoms with van der Waals surface area (Å²) in [7, 11) is 0. The molecule has 92 valence electrons. The van der Waals surface area contributed by atoms with Crippen molar-refractivity contribution >= 4 is 17.6 Å². The Morgan fingerprint density at radius 3 is 2.94 bits per heavy atom. The molecule has 1 aromatic heterocycles. The molecule has 1 aliphatic rings. The molecule has 0 aliphatic carbocycles. The molecule has 3 rings (SSSR count). The summed E-state index contributed by atoms with van der Waals surface area (Å²) >= 11 is 6.16. The van der Waals surface area contributed by atoms with E-state index in [1.165, 1.54) is 0 Å². The van der Waals surface area contributed by atoms with Crippen LogP contribution in [-0.4, -0.2) is 25.8 Å². The van der Waals surface area contributed by atoms with Crippen LogP contribution < -0.4 is 0 Å². The molecule has 1 N–H and O–H groups in total. The number of halogens is 1. The number of aromatic nitrogens is 3. The van der Waals surface area contributed by atoms with Crippen molar-refractivity contribution in [1.29, 1.82) is 0 Å². The minimum Gasteiger partial charge on any atom is -0.475 e. The van der Waals surface area contributed by atoms with Crippen LogP contribution >= 0.6 is 11.6 Å². The van der Waals surface area contributed by atoms with Gasteiger partial charge in [0.1, 0.15) is 5.82 Å². The molecule has 0 fully saturated rings. The molecule has 2 heterocycles. The van der Waals surface area contributed by atoms with Crippen LogP contribution in [0.25, 0.3) is 0 Å². The maximum Gasteiger partial charge on any atom is 0.375 e. The summed E-state index contributed by atoms with van der Waals surface area (Å²) in [5.41, 5.74) is 0.958. The van der Waals surface area contributed by atoms with Gasteiger partial charge in [-0.3, -0.25) is 0 Å². The van der Waals surface area contributed by atoms with E-state index >= 15 is 0 Å². The highest BCUT2D eigenvalue weighted by atomic mass is 35.5. The summed E-state index contributed by atoms with van der Waals surface area (Å²) in [5, 5.41) is 13.6. The summed E-state index contributed by atoms with van der Waals surface area (Å²) < 4.78 is 1.67. The molecule has 0 saturated carbocycles. The largest absolute Gasteiger partial charge is 0.475 e. The van der Waals surface area contributed by atoms with E-state index in [0.29, 0.717) is 10.8 Å². The van der Waals surface area contributed by atoms with E-state index in [4.69, 9.17) is 16.7 Å². The number of aryl methyl sites for hydroxylation is 1. The van der Waals surface area contributed by atoms with E-state index in [1.54, 1.807) is 4.68 Å². The molecule has 0 amide bonds. The Morgan fingerprint density at radius 2 is 2.22 bits per heavy atom. The smallest absolute Gasteiger partial charge is 0.375 e. The van der Waals surface area contributed by atoms with E-state index in [1.807, 2.05) is 24.3 Å². The first-order valence-electron chi connectivity index (χ1n) is 5.60. The van der Waals surface area contributed by atoms with E-state index in [2.05, 4.69) is 10.1 Å². The third kappa shape index (κ3) is 1.67. The van der Waals surface area contributed by atoms with Crippen LogP contribution in [0.4, 0.5) is 0 Å². The Kier molecular flexibility index (Phi) is 2.56. The molecular weight excluding hydrogens is 254 g/mol. The highest BCUT2D eigenvalue weighted by molar-refractivity contribution is 6.31. The quantitative estimate of drug-likeness (QED) is 0.902. The number of rotatable bonds is 2. The van der Waals surface area contributed by atoms with Gasteiger partial charge in [0, 0.05) is 11.4 Å². The summed E-state index contributed by atoms with van der Waals surface area (Å²) in [4.78, 5) is 14.9. The standard InChI is InChI=1S/C12H10ClN3O2/c13-8-4-2-1-3-7(8)9-5-6-10-14-11(12(17)18)15-16(9)10/h1-4,9H,5-6H2,(H,17,18)/t9-/m0/s1. The average molecular weight is 264 g/mol. The second kappa shape index (κ2) is 4.10. The maximum atomic E-state index is 10.9. The predicted molar refractivity (Wildman–Crippen MR) is 64.9 cm³/mol. The van der Waals surface area contributed by atoms with Gasteiger partial charge in [-0.2, -0.15) is 0 Å². The molecular formula is C12H10ClN3O2. The van der Waals surface area contributed by atoms with E-state index in [-0.39, 0.29) is 11.9 Å². The Hall–Kier alpha value is -1.88. The number of carboxylic acids is 1. The fourth-order valence-electron chi connectivity index (χ4n) is 2.29. The van der Waals surface area contributed by atoms with Gasteiger partial charge in [-0.15, -0.1) is 5.10 Å². The van der Waals surface area contributed by atoms with Gasteiger partial charge < -0.3 is 5.11 Å². The first-order valence-corrected chi connectivity index (χ1v) is 5.98. The van der Waals surface area contributed by atoms with E-state index in [9.17, 15) is 4.79 Å². The lowest BCUT2D eigenvalue weighted by Crippen LogP contribution is -2.09. The molecule has 2 aromatic rings. The van der Waals surface area contributed by atoms with Crippen LogP contribution in [0.2, 0.25) is 5.02 Å². The highest BCUT2D eigenvalue weighted by Crippen LogP contribution is 2.34. The topological polar surface area (TPSA) is 68.0 Å². The maximum absolute atomic E-state index is 10.9. The molecule has 0 unspecified atom stereocenters. The van der Waals surface area contributed by atoms with Crippen molar-refractivity contribution in [1.82, 2.24) is 14.8 Å². The van der Waals surface area contributed by atoms with Crippen molar-refractivity contribution < 1.29 is 9.90 Å². The number of hydrogen-bond donors (Lipinski definition) is 1. The van der Waals surface area contributed by atoms with Gasteiger partial charge in [0.2, 0.25) is 0 Å². The normalized spacial score (nSPS) is 17.7. The van der Waals surface area contributed by atoms with Crippen LogP contribution in [-0.2, 0) is 6.42 Å². The average Bonchev–Trinajstić information content (AvgIpc) is 2.89. The van der Waals surface area contributed by atoms with Gasteiger partial charge in [-0.05, 0) is 18.1 Å². The van der Waals surface area contributed by atoms with Crippen molar-refractivity contribution in [2.45, 2.75) is 18.9 Å². The van der Waals surface area contributed by atoms with E-state index in [0.717, 1.165) is 18.4 Å². The summed E-state index contributed by atoms with van der Waals surface area (Å²) in [6, 6.07) is 7.52. The second-order valence-electron chi connectivity index (χ2n) is 4.18. The number of fused-ring (bicyclic) bond motifs is 1.